The molecule has 2 heterocycles. The van der Waals surface area contributed by atoms with Crippen LogP contribution in [0.15, 0.2) is 24.3 Å². The average molecular weight is 556 g/mol. The van der Waals surface area contributed by atoms with Crippen LogP contribution < -0.4 is 0 Å². The lowest BCUT2D eigenvalue weighted by atomic mass is 9.63. The molecule has 6 nitrogen and oxygen atoms in total. The third kappa shape index (κ3) is 5.77. The SMILES string of the molecule is CCN(CC)[C@H]1CC(C(=O)N2CCC(CN3C(=O)OCC3(C)C)(C3CCCCC3)CC2)C(c2ccc(F)cc2)C1. The van der Waals surface area contributed by atoms with Gasteiger partial charge in [0.05, 0.1) is 5.54 Å². The highest BCUT2D eigenvalue weighted by molar-refractivity contribution is 5.80. The highest BCUT2D eigenvalue weighted by atomic mass is 19.1. The lowest BCUT2D eigenvalue weighted by molar-refractivity contribution is -0.139. The minimum Gasteiger partial charge on any atom is -0.447 e. The largest absolute Gasteiger partial charge is 0.447 e. The number of ether oxygens (including phenoxy) is 1. The molecule has 2 saturated heterocycles. The van der Waals surface area contributed by atoms with E-state index in [1.165, 1.54) is 44.2 Å². The van der Waals surface area contributed by atoms with Gasteiger partial charge in [-0.25, -0.2) is 9.18 Å². The molecule has 222 valence electrons. The molecule has 5 rings (SSSR count). The lowest BCUT2D eigenvalue weighted by Gasteiger charge is -2.51. The van der Waals surface area contributed by atoms with Crippen LogP contribution in [-0.2, 0) is 9.53 Å². The van der Waals surface area contributed by atoms with E-state index in [9.17, 15) is 14.0 Å². The van der Waals surface area contributed by atoms with Crippen molar-refractivity contribution in [3.63, 3.8) is 0 Å². The van der Waals surface area contributed by atoms with Crippen molar-refractivity contribution >= 4 is 12.0 Å². The number of likely N-dealkylation sites (tertiary alicyclic amines) is 1. The Morgan fingerprint density at radius 1 is 1.02 bits per heavy atom. The van der Waals surface area contributed by atoms with Crippen molar-refractivity contribution in [3.05, 3.63) is 35.6 Å². The van der Waals surface area contributed by atoms with Crippen LogP contribution in [0, 0.1) is 23.1 Å². The molecule has 4 aliphatic rings. The maximum absolute atomic E-state index is 14.2. The highest BCUT2D eigenvalue weighted by Crippen LogP contribution is 2.49. The first-order valence-corrected chi connectivity index (χ1v) is 15.9. The van der Waals surface area contributed by atoms with E-state index in [1.54, 1.807) is 0 Å². The number of amides is 2. The molecule has 2 saturated carbocycles. The lowest BCUT2D eigenvalue weighted by Crippen LogP contribution is -2.55. The Morgan fingerprint density at radius 3 is 2.25 bits per heavy atom. The third-order valence-electron chi connectivity index (χ3n) is 11.0. The summed E-state index contributed by atoms with van der Waals surface area (Å²) in [5.41, 5.74) is 0.822. The Kier molecular flexibility index (Phi) is 8.80. The van der Waals surface area contributed by atoms with Gasteiger partial charge in [0, 0.05) is 31.6 Å². The zero-order valence-electron chi connectivity index (χ0n) is 25.2. The highest BCUT2D eigenvalue weighted by Gasteiger charge is 2.50. The van der Waals surface area contributed by atoms with E-state index in [-0.39, 0.29) is 40.6 Å². The quantitative estimate of drug-likeness (QED) is 0.370. The second kappa shape index (κ2) is 12.0. The van der Waals surface area contributed by atoms with Gasteiger partial charge < -0.3 is 14.5 Å². The molecular formula is C33H50FN3O3. The van der Waals surface area contributed by atoms with Crippen molar-refractivity contribution in [1.82, 2.24) is 14.7 Å². The van der Waals surface area contributed by atoms with Gasteiger partial charge >= 0.3 is 6.09 Å². The number of carbonyl (C=O) groups excluding carboxylic acids is 2. The van der Waals surface area contributed by atoms with Crippen LogP contribution in [0.25, 0.3) is 0 Å². The zero-order chi connectivity index (χ0) is 28.5. The summed E-state index contributed by atoms with van der Waals surface area (Å²) < 4.78 is 19.2. The summed E-state index contributed by atoms with van der Waals surface area (Å²) in [6.07, 6.45) is 9.76. The summed E-state index contributed by atoms with van der Waals surface area (Å²) >= 11 is 0. The number of nitrogens with zero attached hydrogens (tertiary/aromatic N) is 3. The monoisotopic (exact) mass is 555 g/mol. The molecule has 7 heteroatoms. The van der Waals surface area contributed by atoms with Gasteiger partial charge in [0.1, 0.15) is 12.4 Å². The molecule has 3 atom stereocenters. The van der Waals surface area contributed by atoms with Crippen LogP contribution in [0.3, 0.4) is 0 Å². The van der Waals surface area contributed by atoms with Gasteiger partial charge in [0.25, 0.3) is 0 Å². The molecule has 2 unspecified atom stereocenters. The second-order valence-corrected chi connectivity index (χ2v) is 13.6. The van der Waals surface area contributed by atoms with Crippen LogP contribution in [-0.4, -0.2) is 77.6 Å². The third-order valence-corrected chi connectivity index (χ3v) is 11.0. The van der Waals surface area contributed by atoms with Crippen molar-refractivity contribution in [1.29, 1.82) is 0 Å². The predicted molar refractivity (Wildman–Crippen MR) is 156 cm³/mol. The molecule has 0 N–H and O–H groups in total. The molecule has 0 aromatic heterocycles. The number of cyclic esters (lactones) is 1. The topological polar surface area (TPSA) is 53.1 Å². The Hall–Kier alpha value is -2.15. The second-order valence-electron chi connectivity index (χ2n) is 13.6. The molecule has 40 heavy (non-hydrogen) atoms. The normalized spacial score (nSPS) is 28.8. The van der Waals surface area contributed by atoms with Gasteiger partial charge in [-0.2, -0.15) is 0 Å². The first-order valence-electron chi connectivity index (χ1n) is 15.9. The maximum Gasteiger partial charge on any atom is 0.410 e. The van der Waals surface area contributed by atoms with Crippen LogP contribution in [0.5, 0.6) is 0 Å². The predicted octanol–water partition coefficient (Wildman–Crippen LogP) is 6.45. The summed E-state index contributed by atoms with van der Waals surface area (Å²) in [5.74, 6) is 0.662. The number of piperidine rings is 1. The molecule has 2 aliphatic carbocycles. The fraction of sp³-hybridized carbons (Fsp3) is 0.758. The van der Waals surface area contributed by atoms with Crippen molar-refractivity contribution in [2.75, 3.05) is 39.3 Å². The van der Waals surface area contributed by atoms with E-state index >= 15 is 0 Å². The number of rotatable bonds is 8. The van der Waals surface area contributed by atoms with Crippen LogP contribution in [0.2, 0.25) is 0 Å². The van der Waals surface area contributed by atoms with Gasteiger partial charge in [0.15, 0.2) is 0 Å². The summed E-state index contributed by atoms with van der Waals surface area (Å²) in [7, 11) is 0. The fourth-order valence-corrected chi connectivity index (χ4v) is 8.45. The van der Waals surface area contributed by atoms with Gasteiger partial charge in [0.2, 0.25) is 5.91 Å². The molecule has 0 bridgehead atoms. The molecule has 1 aromatic rings. The average Bonchev–Trinajstić information content (AvgIpc) is 3.51. The van der Waals surface area contributed by atoms with E-state index in [2.05, 4.69) is 37.5 Å². The Morgan fingerprint density at radius 2 is 1.68 bits per heavy atom. The number of halogens is 1. The van der Waals surface area contributed by atoms with E-state index in [0.717, 1.165) is 64.0 Å². The van der Waals surface area contributed by atoms with Crippen LogP contribution in [0.4, 0.5) is 9.18 Å². The van der Waals surface area contributed by atoms with Crippen LogP contribution in [0.1, 0.15) is 97.0 Å². The van der Waals surface area contributed by atoms with Gasteiger partial charge in [-0.15, -0.1) is 0 Å². The fourth-order valence-electron chi connectivity index (χ4n) is 8.45. The van der Waals surface area contributed by atoms with Crippen molar-refractivity contribution < 1.29 is 18.7 Å². The van der Waals surface area contributed by atoms with E-state index in [0.29, 0.717) is 18.6 Å². The minimum atomic E-state index is -0.294. The molecule has 2 aliphatic heterocycles. The molecule has 4 fully saturated rings. The van der Waals surface area contributed by atoms with E-state index in [4.69, 9.17) is 4.74 Å². The first kappa shape index (κ1) is 29.3. The Bertz CT molecular complexity index is 1030. The Balaban J connectivity index is 1.34. The Labute approximate surface area is 240 Å². The van der Waals surface area contributed by atoms with Gasteiger partial charge in [-0.05, 0) is 100 Å². The van der Waals surface area contributed by atoms with Gasteiger partial charge in [-0.1, -0.05) is 45.2 Å². The minimum absolute atomic E-state index is 0.0353. The van der Waals surface area contributed by atoms with Crippen molar-refractivity contribution in [3.8, 4) is 0 Å². The zero-order valence-corrected chi connectivity index (χ0v) is 25.2. The molecular weight excluding hydrogens is 505 g/mol. The molecule has 2 amide bonds. The van der Waals surface area contributed by atoms with Crippen LogP contribution >= 0.6 is 0 Å². The standard InChI is InChI=1S/C33H50FN3O3/c1-5-35(6-2)27-20-28(24-12-14-26(34)15-13-24)29(21-27)30(38)36-18-16-33(17-19-36,25-10-8-7-9-11-25)22-37-31(39)40-23-32(37,3)4/h12-15,25,27-29H,5-11,16-23H2,1-4H3/t27-,28?,29?/m1/s1. The van der Waals surface area contributed by atoms with E-state index in [1.807, 2.05) is 17.0 Å². The number of hydrogen-bond acceptors (Lipinski definition) is 4. The maximum atomic E-state index is 14.2. The summed E-state index contributed by atoms with van der Waals surface area (Å²) in [6.45, 7) is 13.2. The number of benzene rings is 1. The number of hydrogen-bond donors (Lipinski definition) is 0. The summed E-state index contributed by atoms with van der Waals surface area (Å²) in [6, 6.07) is 7.20. The van der Waals surface area contributed by atoms with E-state index < -0.39 is 0 Å². The molecule has 0 spiro atoms. The number of carbonyl (C=O) groups is 2. The van der Waals surface area contributed by atoms with Crippen molar-refractivity contribution in [2.24, 2.45) is 17.3 Å². The first-order chi connectivity index (χ1) is 19.2. The van der Waals surface area contributed by atoms with Gasteiger partial charge in [-0.3, -0.25) is 9.69 Å². The molecule has 1 aromatic carbocycles. The summed E-state index contributed by atoms with van der Waals surface area (Å²) in [4.78, 5) is 33.6. The smallest absolute Gasteiger partial charge is 0.410 e. The molecule has 0 radical (unpaired) electrons. The van der Waals surface area contributed by atoms with Crippen molar-refractivity contribution in [2.45, 2.75) is 103 Å². The summed E-state index contributed by atoms with van der Waals surface area (Å²) in [5, 5.41) is 0.